The molecule has 0 aromatic heterocycles. The van der Waals surface area contributed by atoms with Crippen molar-refractivity contribution < 1.29 is 28.7 Å². The van der Waals surface area contributed by atoms with Gasteiger partial charge in [-0.25, -0.2) is 4.79 Å². The maximum atomic E-state index is 14.0. The predicted octanol–water partition coefficient (Wildman–Crippen LogP) is 3.53. The topological polar surface area (TPSA) is 140 Å². The number of hydrogen-bond acceptors (Lipinski definition) is 6. The fourth-order valence-electron chi connectivity index (χ4n) is 3.86. The lowest BCUT2D eigenvalue weighted by atomic mass is 9.97. The molecule has 4 amide bonds. The first-order chi connectivity index (χ1) is 18.9. The van der Waals surface area contributed by atoms with Crippen molar-refractivity contribution in [1.82, 2.24) is 10.2 Å². The summed E-state index contributed by atoms with van der Waals surface area (Å²) in [6.45, 7) is 8.68. The van der Waals surface area contributed by atoms with Crippen LogP contribution in [0, 0.1) is 12.3 Å². The number of alkyl carbamates (subject to hydrolysis) is 1. The predicted molar refractivity (Wildman–Crippen MR) is 152 cm³/mol. The van der Waals surface area contributed by atoms with Crippen LogP contribution in [-0.4, -0.2) is 54.0 Å². The van der Waals surface area contributed by atoms with Gasteiger partial charge in [0.05, 0.1) is 7.11 Å². The molecule has 10 nitrogen and oxygen atoms in total. The monoisotopic (exact) mass is 548 g/mol. The van der Waals surface area contributed by atoms with E-state index in [1.54, 1.807) is 69.3 Å². The Bertz CT molecular complexity index is 1260. The van der Waals surface area contributed by atoms with Gasteiger partial charge in [0.1, 0.15) is 23.4 Å². The SMILES string of the molecule is C#Cc1ccccc1C(C(=O)Nc1ccc(OC)cc1)N(CC=C)C(=O)C(CCC(N)=O)NC(=O)OC(C)(C)C. The fraction of sp³-hybridized carbons (Fsp3) is 0.333. The number of terminal acetylenes is 1. The highest BCUT2D eigenvalue weighted by atomic mass is 16.6. The van der Waals surface area contributed by atoms with Crippen LogP contribution in [0.5, 0.6) is 5.75 Å². The van der Waals surface area contributed by atoms with Gasteiger partial charge in [-0.15, -0.1) is 13.0 Å². The summed E-state index contributed by atoms with van der Waals surface area (Å²) >= 11 is 0. The lowest BCUT2D eigenvalue weighted by Crippen LogP contribution is -2.52. The number of carbonyl (C=O) groups is 4. The van der Waals surface area contributed by atoms with Gasteiger partial charge in [-0.1, -0.05) is 30.2 Å². The minimum atomic E-state index is -1.24. The number of nitrogens with one attached hydrogen (secondary N) is 2. The van der Waals surface area contributed by atoms with E-state index in [1.165, 1.54) is 18.1 Å². The minimum Gasteiger partial charge on any atom is -0.497 e. The molecule has 0 aliphatic heterocycles. The maximum Gasteiger partial charge on any atom is 0.408 e. The standard InChI is InChI=1S/C30H36N4O6/c1-7-19-34(28(37)24(17-18-25(31)35)33-29(38)40-30(3,4)5)26(23-12-10-9-11-20(23)8-2)27(36)32-21-13-15-22(39-6)16-14-21/h2,7,9-16,24,26H,1,17-19H2,3-6H3,(H2,31,35)(H,32,36)(H,33,38). The molecule has 2 aromatic carbocycles. The van der Waals surface area contributed by atoms with E-state index in [-0.39, 0.29) is 19.4 Å². The number of nitrogens with two attached hydrogens (primary N) is 1. The lowest BCUT2D eigenvalue weighted by Gasteiger charge is -2.34. The number of carbonyl (C=O) groups excluding carboxylic acids is 4. The molecule has 0 aliphatic rings. The summed E-state index contributed by atoms with van der Waals surface area (Å²) < 4.78 is 10.5. The van der Waals surface area contributed by atoms with Gasteiger partial charge in [0.2, 0.25) is 11.8 Å². The fourth-order valence-corrected chi connectivity index (χ4v) is 3.86. The number of anilines is 1. The highest BCUT2D eigenvalue weighted by Crippen LogP contribution is 2.28. The zero-order valence-corrected chi connectivity index (χ0v) is 23.2. The Kier molecular flexibility index (Phi) is 11.3. The lowest BCUT2D eigenvalue weighted by molar-refractivity contribution is -0.140. The van der Waals surface area contributed by atoms with Crippen LogP contribution >= 0.6 is 0 Å². The van der Waals surface area contributed by atoms with Crippen molar-refractivity contribution in [1.29, 1.82) is 0 Å². The normalized spacial score (nSPS) is 12.2. The second-order valence-electron chi connectivity index (χ2n) is 9.83. The smallest absolute Gasteiger partial charge is 0.408 e. The molecule has 0 heterocycles. The first-order valence-corrected chi connectivity index (χ1v) is 12.6. The van der Waals surface area contributed by atoms with Crippen molar-refractivity contribution in [2.75, 3.05) is 19.0 Å². The van der Waals surface area contributed by atoms with Gasteiger partial charge in [-0.05, 0) is 63.1 Å². The van der Waals surface area contributed by atoms with Crippen LogP contribution in [0.2, 0.25) is 0 Å². The Morgan fingerprint density at radius 2 is 1.77 bits per heavy atom. The Morgan fingerprint density at radius 1 is 1.12 bits per heavy atom. The molecule has 10 heteroatoms. The van der Waals surface area contributed by atoms with Gasteiger partial charge >= 0.3 is 6.09 Å². The first-order valence-electron chi connectivity index (χ1n) is 12.6. The van der Waals surface area contributed by atoms with E-state index in [9.17, 15) is 19.2 Å². The summed E-state index contributed by atoms with van der Waals surface area (Å²) in [7, 11) is 1.53. The molecule has 0 aliphatic carbocycles. The molecule has 0 radical (unpaired) electrons. The van der Waals surface area contributed by atoms with Crippen LogP contribution < -0.4 is 21.1 Å². The molecule has 2 unspecified atom stereocenters. The number of benzene rings is 2. The van der Waals surface area contributed by atoms with E-state index < -0.39 is 41.5 Å². The molecule has 212 valence electrons. The zero-order chi connectivity index (χ0) is 29.9. The molecule has 0 bridgehead atoms. The quantitative estimate of drug-likeness (QED) is 0.274. The number of primary amides is 1. The van der Waals surface area contributed by atoms with Crippen LogP contribution in [-0.2, 0) is 19.1 Å². The molecule has 2 atom stereocenters. The summed E-state index contributed by atoms with van der Waals surface area (Å²) in [6.07, 6.45) is 6.01. The average molecular weight is 549 g/mol. The number of amides is 4. The number of rotatable bonds is 12. The number of hydrogen-bond donors (Lipinski definition) is 3. The van der Waals surface area contributed by atoms with E-state index in [0.717, 1.165) is 0 Å². The van der Waals surface area contributed by atoms with Crippen LogP contribution in [0.3, 0.4) is 0 Å². The van der Waals surface area contributed by atoms with Gasteiger partial charge in [0.15, 0.2) is 0 Å². The Hall–Kier alpha value is -4.78. The number of methoxy groups -OCH3 is 1. The molecular formula is C30H36N4O6. The molecule has 0 spiro atoms. The first kappa shape index (κ1) is 31.4. The average Bonchev–Trinajstić information content (AvgIpc) is 2.90. The van der Waals surface area contributed by atoms with E-state index >= 15 is 0 Å². The van der Waals surface area contributed by atoms with E-state index in [1.807, 2.05) is 0 Å². The number of ether oxygens (including phenoxy) is 2. The summed E-state index contributed by atoms with van der Waals surface area (Å²) in [5.74, 6) is 1.28. The Morgan fingerprint density at radius 3 is 2.33 bits per heavy atom. The van der Waals surface area contributed by atoms with E-state index in [0.29, 0.717) is 22.6 Å². The van der Waals surface area contributed by atoms with Gasteiger partial charge < -0.3 is 30.7 Å². The second kappa shape index (κ2) is 14.4. The third kappa shape index (κ3) is 9.20. The molecule has 0 saturated carbocycles. The molecule has 4 N–H and O–H groups in total. The third-order valence-corrected chi connectivity index (χ3v) is 5.61. The molecule has 2 rings (SSSR count). The van der Waals surface area contributed by atoms with E-state index in [4.69, 9.17) is 21.6 Å². The molecule has 2 aromatic rings. The summed E-state index contributed by atoms with van der Waals surface area (Å²) in [4.78, 5) is 53.3. The summed E-state index contributed by atoms with van der Waals surface area (Å²) in [5.41, 5.74) is 5.73. The molecular weight excluding hydrogens is 512 g/mol. The third-order valence-electron chi connectivity index (χ3n) is 5.61. The van der Waals surface area contributed by atoms with Crippen LogP contribution in [0.25, 0.3) is 0 Å². The highest BCUT2D eigenvalue weighted by molar-refractivity contribution is 5.99. The van der Waals surface area contributed by atoms with Gasteiger partial charge in [0, 0.05) is 24.2 Å². The maximum absolute atomic E-state index is 14.0. The second-order valence-corrected chi connectivity index (χ2v) is 9.83. The van der Waals surface area contributed by atoms with Crippen LogP contribution in [0.1, 0.15) is 50.8 Å². The summed E-state index contributed by atoms with van der Waals surface area (Å²) in [5, 5.41) is 5.34. The largest absolute Gasteiger partial charge is 0.497 e. The molecule has 0 fully saturated rings. The van der Waals surface area contributed by atoms with Gasteiger partial charge in [-0.3, -0.25) is 14.4 Å². The van der Waals surface area contributed by atoms with Crippen molar-refractivity contribution >= 4 is 29.5 Å². The number of nitrogens with zero attached hydrogens (tertiary/aromatic N) is 1. The highest BCUT2D eigenvalue weighted by Gasteiger charge is 2.36. The van der Waals surface area contributed by atoms with Crippen molar-refractivity contribution in [2.45, 2.75) is 51.3 Å². The van der Waals surface area contributed by atoms with Gasteiger partial charge in [-0.2, -0.15) is 0 Å². The van der Waals surface area contributed by atoms with Crippen molar-refractivity contribution in [3.63, 3.8) is 0 Å². The van der Waals surface area contributed by atoms with Crippen molar-refractivity contribution in [2.24, 2.45) is 5.73 Å². The Labute approximate surface area is 234 Å². The summed E-state index contributed by atoms with van der Waals surface area (Å²) in [6, 6.07) is 10.9. The van der Waals surface area contributed by atoms with Crippen LogP contribution in [0.15, 0.2) is 61.2 Å². The van der Waals surface area contributed by atoms with Crippen molar-refractivity contribution in [3.8, 4) is 18.1 Å². The molecule has 40 heavy (non-hydrogen) atoms. The molecule has 0 saturated heterocycles. The zero-order valence-electron chi connectivity index (χ0n) is 23.2. The minimum absolute atomic E-state index is 0.0818. The van der Waals surface area contributed by atoms with Crippen LogP contribution in [0.4, 0.5) is 10.5 Å². The van der Waals surface area contributed by atoms with Gasteiger partial charge in [0.25, 0.3) is 5.91 Å². The van der Waals surface area contributed by atoms with Crippen molar-refractivity contribution in [3.05, 3.63) is 72.3 Å². The van der Waals surface area contributed by atoms with E-state index in [2.05, 4.69) is 23.1 Å². The Balaban J connectivity index is 2.56.